The summed E-state index contributed by atoms with van der Waals surface area (Å²) in [6, 6.07) is 17.1. The summed E-state index contributed by atoms with van der Waals surface area (Å²) in [6.07, 6.45) is -0.217. The van der Waals surface area contributed by atoms with Crippen LogP contribution in [-0.2, 0) is 17.5 Å². The summed E-state index contributed by atoms with van der Waals surface area (Å²) in [4.78, 5) is 38.0. The SMILES string of the molecule is N#Cc1ccc(NC(=O)N(Cc2ccc(C(=O)NC[C@@H](O)C(=O)O)cc2)c2ccc(C3=CCCCC3)cc2)cc1C(F)(F)F. The number of hydrogen-bond donors (Lipinski definition) is 4. The van der Waals surface area contributed by atoms with E-state index >= 15 is 0 Å². The molecular weight excluding hydrogens is 577 g/mol. The molecule has 0 unspecified atom stereocenters. The van der Waals surface area contributed by atoms with Gasteiger partial charge in [-0.25, -0.2) is 9.59 Å². The lowest BCUT2D eigenvalue weighted by atomic mass is 9.93. The van der Waals surface area contributed by atoms with Crippen LogP contribution in [0.2, 0.25) is 0 Å². The van der Waals surface area contributed by atoms with E-state index in [-0.39, 0.29) is 17.8 Å². The van der Waals surface area contributed by atoms with Crippen molar-refractivity contribution in [1.82, 2.24) is 5.32 Å². The van der Waals surface area contributed by atoms with E-state index in [1.807, 2.05) is 12.1 Å². The van der Waals surface area contributed by atoms with Crippen molar-refractivity contribution in [2.24, 2.45) is 0 Å². The fourth-order valence-corrected chi connectivity index (χ4v) is 4.70. The topological polar surface area (TPSA) is 143 Å². The normalized spacial score (nSPS) is 13.7. The third-order valence-corrected chi connectivity index (χ3v) is 7.08. The first kappa shape index (κ1) is 31.8. The predicted octanol–water partition coefficient (Wildman–Crippen LogP) is 5.95. The van der Waals surface area contributed by atoms with Crippen LogP contribution in [0.25, 0.3) is 5.57 Å². The molecule has 0 radical (unpaired) electrons. The number of urea groups is 1. The summed E-state index contributed by atoms with van der Waals surface area (Å²) in [5.41, 5.74) is 1.57. The van der Waals surface area contributed by atoms with E-state index < -0.39 is 47.9 Å². The number of aliphatic hydroxyl groups is 1. The zero-order valence-corrected chi connectivity index (χ0v) is 23.4. The van der Waals surface area contributed by atoms with E-state index in [2.05, 4.69) is 16.7 Å². The standard InChI is InChI=1S/C32H29F3N4O5/c33-32(34,35)27-16-25(13-10-24(27)17-36)38-31(44)39(26-14-11-22(12-15-26)21-4-2-1-3-5-21)19-20-6-8-23(9-7-20)29(41)37-18-28(40)30(42)43/h4,6-16,28,40H,1-3,5,18-19H2,(H,37,41)(H,38,44)(H,42,43)/t28-/m1/s1. The molecule has 3 aromatic rings. The molecule has 9 nitrogen and oxygen atoms in total. The summed E-state index contributed by atoms with van der Waals surface area (Å²) in [7, 11) is 0. The molecule has 0 spiro atoms. The molecular formula is C32H29F3N4O5. The number of carbonyl (C=O) groups is 3. The monoisotopic (exact) mass is 606 g/mol. The van der Waals surface area contributed by atoms with Crippen LogP contribution in [0, 0.1) is 11.3 Å². The second-order valence-corrected chi connectivity index (χ2v) is 10.2. The van der Waals surface area contributed by atoms with Crippen LogP contribution in [0.1, 0.15) is 58.3 Å². The Labute approximate surface area is 251 Å². The summed E-state index contributed by atoms with van der Waals surface area (Å²) in [5, 5.41) is 32.1. The molecule has 3 aromatic carbocycles. The number of nitrogens with one attached hydrogen (secondary N) is 2. The van der Waals surface area contributed by atoms with Crippen molar-refractivity contribution in [3.8, 4) is 6.07 Å². The molecule has 1 aliphatic rings. The highest BCUT2D eigenvalue weighted by atomic mass is 19.4. The van der Waals surface area contributed by atoms with Crippen molar-refractivity contribution in [2.75, 3.05) is 16.8 Å². The molecule has 228 valence electrons. The van der Waals surface area contributed by atoms with Gasteiger partial charge in [-0.1, -0.05) is 30.3 Å². The molecule has 0 heterocycles. The first-order chi connectivity index (χ1) is 21.0. The molecule has 0 aromatic heterocycles. The maximum Gasteiger partial charge on any atom is 0.417 e. The molecule has 0 saturated carbocycles. The van der Waals surface area contributed by atoms with Gasteiger partial charge in [0.1, 0.15) is 0 Å². The number of aliphatic hydroxyl groups excluding tert-OH is 1. The van der Waals surface area contributed by atoms with Gasteiger partial charge in [0.15, 0.2) is 6.10 Å². The van der Waals surface area contributed by atoms with Gasteiger partial charge in [0.2, 0.25) is 0 Å². The van der Waals surface area contributed by atoms with Crippen molar-refractivity contribution in [3.63, 3.8) is 0 Å². The zero-order chi connectivity index (χ0) is 31.9. The second-order valence-electron chi connectivity index (χ2n) is 10.2. The molecule has 0 bridgehead atoms. The van der Waals surface area contributed by atoms with Crippen LogP contribution in [0.5, 0.6) is 0 Å². The summed E-state index contributed by atoms with van der Waals surface area (Å²) < 4.78 is 40.6. The Bertz CT molecular complexity index is 1600. The fraction of sp³-hybridized carbons (Fsp3) is 0.250. The Balaban J connectivity index is 1.58. The van der Waals surface area contributed by atoms with E-state index in [1.165, 1.54) is 34.7 Å². The lowest BCUT2D eigenvalue weighted by Crippen LogP contribution is -2.36. The number of hydrogen-bond acceptors (Lipinski definition) is 5. The average Bonchev–Trinajstić information content (AvgIpc) is 3.02. The first-order valence-corrected chi connectivity index (χ1v) is 13.7. The highest BCUT2D eigenvalue weighted by molar-refractivity contribution is 6.02. The number of nitriles is 1. The van der Waals surface area contributed by atoms with Gasteiger partial charge in [-0.15, -0.1) is 0 Å². The number of anilines is 2. The maximum absolute atomic E-state index is 13.5. The quantitative estimate of drug-likeness (QED) is 0.237. The molecule has 4 rings (SSSR count). The largest absolute Gasteiger partial charge is 0.479 e. The Morgan fingerprint density at radius 1 is 1.00 bits per heavy atom. The zero-order valence-electron chi connectivity index (χ0n) is 23.4. The number of amides is 3. The van der Waals surface area contributed by atoms with Gasteiger partial charge < -0.3 is 20.8 Å². The third-order valence-electron chi connectivity index (χ3n) is 7.08. The van der Waals surface area contributed by atoms with E-state index in [9.17, 15) is 32.7 Å². The predicted molar refractivity (Wildman–Crippen MR) is 157 cm³/mol. The number of benzene rings is 3. The summed E-state index contributed by atoms with van der Waals surface area (Å²) in [6.45, 7) is -0.502. The highest BCUT2D eigenvalue weighted by Crippen LogP contribution is 2.34. The van der Waals surface area contributed by atoms with Crippen LogP contribution in [-0.4, -0.2) is 40.8 Å². The second kappa shape index (κ2) is 13.9. The van der Waals surface area contributed by atoms with Crippen molar-refractivity contribution < 1.29 is 37.8 Å². The van der Waals surface area contributed by atoms with Crippen LogP contribution in [0.15, 0.2) is 72.8 Å². The minimum atomic E-state index is -4.80. The number of aliphatic carboxylic acids is 1. The number of carbonyl (C=O) groups excluding carboxylic acids is 2. The number of allylic oxidation sites excluding steroid dienone is 2. The summed E-state index contributed by atoms with van der Waals surface area (Å²) in [5.74, 6) is -2.08. The smallest absolute Gasteiger partial charge is 0.417 e. The molecule has 4 N–H and O–H groups in total. The van der Waals surface area contributed by atoms with E-state index in [0.29, 0.717) is 17.3 Å². The third kappa shape index (κ3) is 8.02. The van der Waals surface area contributed by atoms with Crippen molar-refractivity contribution in [3.05, 3.63) is 101 Å². The van der Waals surface area contributed by atoms with Crippen molar-refractivity contribution >= 4 is 34.9 Å². The Kier molecular flexibility index (Phi) is 10.0. The van der Waals surface area contributed by atoms with Crippen LogP contribution in [0.3, 0.4) is 0 Å². The average molecular weight is 607 g/mol. The van der Waals surface area contributed by atoms with Crippen LogP contribution < -0.4 is 15.5 Å². The van der Waals surface area contributed by atoms with E-state index in [0.717, 1.165) is 37.3 Å². The van der Waals surface area contributed by atoms with E-state index in [1.54, 1.807) is 24.3 Å². The number of carboxylic acid groups (broad SMARTS) is 1. The van der Waals surface area contributed by atoms with Gasteiger partial charge in [-0.2, -0.15) is 18.4 Å². The number of carboxylic acids is 1. The van der Waals surface area contributed by atoms with Crippen molar-refractivity contribution in [1.29, 1.82) is 5.26 Å². The van der Waals surface area contributed by atoms with Crippen LogP contribution in [0.4, 0.5) is 29.3 Å². The maximum atomic E-state index is 13.5. The molecule has 0 fully saturated rings. The molecule has 0 saturated heterocycles. The van der Waals surface area contributed by atoms with Gasteiger partial charge >= 0.3 is 18.2 Å². The Morgan fingerprint density at radius 2 is 1.70 bits per heavy atom. The Hall–Kier alpha value is -5.15. The van der Waals surface area contributed by atoms with Gasteiger partial charge in [0, 0.05) is 16.9 Å². The molecule has 0 aliphatic heterocycles. The molecule has 1 atom stereocenters. The number of nitrogens with zero attached hydrogens (tertiary/aromatic N) is 2. The number of alkyl halides is 3. The first-order valence-electron chi connectivity index (χ1n) is 13.7. The van der Waals surface area contributed by atoms with Gasteiger partial charge in [0.25, 0.3) is 5.91 Å². The molecule has 44 heavy (non-hydrogen) atoms. The highest BCUT2D eigenvalue weighted by Gasteiger charge is 2.34. The van der Waals surface area contributed by atoms with Crippen LogP contribution >= 0.6 is 0 Å². The molecule has 12 heteroatoms. The van der Waals surface area contributed by atoms with Gasteiger partial charge in [-0.3, -0.25) is 9.69 Å². The minimum Gasteiger partial charge on any atom is -0.479 e. The molecule has 1 aliphatic carbocycles. The van der Waals surface area contributed by atoms with Crippen molar-refractivity contribution in [2.45, 2.75) is 44.5 Å². The lowest BCUT2D eigenvalue weighted by molar-refractivity contribution is -0.146. The van der Waals surface area contributed by atoms with E-state index in [4.69, 9.17) is 10.4 Å². The number of halogens is 3. The summed E-state index contributed by atoms with van der Waals surface area (Å²) >= 11 is 0. The molecule has 3 amide bonds. The number of rotatable bonds is 9. The fourth-order valence-electron chi connectivity index (χ4n) is 4.70. The Morgan fingerprint density at radius 3 is 2.30 bits per heavy atom. The minimum absolute atomic E-state index is 0.0179. The van der Waals surface area contributed by atoms with Gasteiger partial charge in [-0.05, 0) is 84.8 Å². The van der Waals surface area contributed by atoms with Gasteiger partial charge in [0.05, 0.1) is 30.3 Å². The lowest BCUT2D eigenvalue weighted by Gasteiger charge is -2.24.